The summed E-state index contributed by atoms with van der Waals surface area (Å²) in [5.74, 6) is -1.31. The van der Waals surface area contributed by atoms with E-state index in [2.05, 4.69) is 0 Å². The molecule has 0 radical (unpaired) electrons. The van der Waals surface area contributed by atoms with E-state index in [4.69, 9.17) is 5.11 Å². The highest BCUT2D eigenvalue weighted by Gasteiger charge is 2.20. The molecule has 1 unspecified atom stereocenters. The molecule has 1 aromatic rings. The van der Waals surface area contributed by atoms with E-state index < -0.39 is 11.9 Å². The number of allylic oxidation sites excluding steroid dienone is 1. The maximum absolute atomic E-state index is 11.1. The Balaban J connectivity index is 3.08. The molecule has 74 valence electrons. The molecule has 0 spiro atoms. The fourth-order valence-electron chi connectivity index (χ4n) is 1.41. The lowest BCUT2D eigenvalue weighted by Gasteiger charge is -2.12. The molecular weight excluding hydrogens is 176 g/mol. The highest BCUT2D eigenvalue weighted by atomic mass is 16.4. The second kappa shape index (κ2) is 4.61. The third kappa shape index (κ3) is 2.22. The van der Waals surface area contributed by atoms with Gasteiger partial charge in [-0.2, -0.15) is 0 Å². The first kappa shape index (κ1) is 10.5. The normalized spacial score (nSPS) is 13.7. The Bertz CT molecular complexity index is 339. The van der Waals surface area contributed by atoms with Crippen molar-refractivity contribution in [2.24, 2.45) is 0 Å². The van der Waals surface area contributed by atoms with Crippen LogP contribution in [0.15, 0.2) is 42.0 Å². The van der Waals surface area contributed by atoms with Crippen molar-refractivity contribution in [3.05, 3.63) is 47.5 Å². The SMILES string of the molecule is CC=C(C)C(C(=O)O)c1ccccc1. The van der Waals surface area contributed by atoms with Gasteiger partial charge >= 0.3 is 5.97 Å². The number of hydrogen-bond acceptors (Lipinski definition) is 1. The minimum Gasteiger partial charge on any atom is -0.481 e. The van der Waals surface area contributed by atoms with Crippen LogP contribution in [0.4, 0.5) is 0 Å². The van der Waals surface area contributed by atoms with Crippen LogP contribution in [0.1, 0.15) is 25.3 Å². The molecule has 0 saturated carbocycles. The number of carboxylic acids is 1. The molecule has 1 rings (SSSR count). The predicted molar refractivity (Wildman–Crippen MR) is 56.2 cm³/mol. The standard InChI is InChI=1S/C12H14O2/c1-3-9(2)11(12(13)14)10-7-5-4-6-8-10/h3-8,11H,1-2H3,(H,13,14). The number of rotatable bonds is 3. The van der Waals surface area contributed by atoms with Crippen molar-refractivity contribution in [2.75, 3.05) is 0 Å². The quantitative estimate of drug-likeness (QED) is 0.744. The maximum Gasteiger partial charge on any atom is 0.315 e. The van der Waals surface area contributed by atoms with E-state index in [-0.39, 0.29) is 0 Å². The van der Waals surface area contributed by atoms with Crippen molar-refractivity contribution in [3.63, 3.8) is 0 Å². The summed E-state index contributed by atoms with van der Waals surface area (Å²) in [4.78, 5) is 11.1. The third-order valence-electron chi connectivity index (χ3n) is 2.29. The van der Waals surface area contributed by atoms with Gasteiger partial charge in [0.25, 0.3) is 0 Å². The van der Waals surface area contributed by atoms with E-state index in [1.807, 2.05) is 50.3 Å². The molecule has 0 aromatic heterocycles. The van der Waals surface area contributed by atoms with Crippen LogP contribution < -0.4 is 0 Å². The van der Waals surface area contributed by atoms with Crippen molar-refractivity contribution >= 4 is 5.97 Å². The number of carboxylic acid groups (broad SMARTS) is 1. The Morgan fingerprint density at radius 2 is 1.93 bits per heavy atom. The second-order valence-electron chi connectivity index (χ2n) is 3.21. The van der Waals surface area contributed by atoms with Crippen LogP contribution in [-0.4, -0.2) is 11.1 Å². The monoisotopic (exact) mass is 190 g/mol. The van der Waals surface area contributed by atoms with Crippen LogP contribution in [-0.2, 0) is 4.79 Å². The number of aliphatic carboxylic acids is 1. The van der Waals surface area contributed by atoms with E-state index in [0.29, 0.717) is 0 Å². The van der Waals surface area contributed by atoms with Gasteiger partial charge in [-0.25, -0.2) is 0 Å². The molecule has 1 aromatic carbocycles. The van der Waals surface area contributed by atoms with Gasteiger partial charge in [-0.15, -0.1) is 0 Å². The predicted octanol–water partition coefficient (Wildman–Crippen LogP) is 2.82. The zero-order valence-electron chi connectivity index (χ0n) is 8.40. The molecule has 0 aliphatic rings. The minimum atomic E-state index is -0.799. The van der Waals surface area contributed by atoms with E-state index >= 15 is 0 Å². The maximum atomic E-state index is 11.1. The average molecular weight is 190 g/mol. The van der Waals surface area contributed by atoms with Gasteiger partial charge in [0.1, 0.15) is 5.92 Å². The lowest BCUT2D eigenvalue weighted by Crippen LogP contribution is -2.12. The summed E-state index contributed by atoms with van der Waals surface area (Å²) in [7, 11) is 0. The van der Waals surface area contributed by atoms with Crippen LogP contribution >= 0.6 is 0 Å². The minimum absolute atomic E-state index is 0.513. The van der Waals surface area contributed by atoms with E-state index in [1.165, 1.54) is 0 Å². The van der Waals surface area contributed by atoms with Gasteiger partial charge in [0.2, 0.25) is 0 Å². The second-order valence-corrected chi connectivity index (χ2v) is 3.21. The molecule has 1 N–H and O–H groups in total. The molecule has 0 saturated heterocycles. The summed E-state index contributed by atoms with van der Waals surface area (Å²) >= 11 is 0. The highest BCUT2D eigenvalue weighted by Crippen LogP contribution is 2.23. The van der Waals surface area contributed by atoms with Crippen molar-refractivity contribution in [1.82, 2.24) is 0 Å². The first-order valence-corrected chi connectivity index (χ1v) is 4.57. The van der Waals surface area contributed by atoms with Crippen molar-refractivity contribution in [2.45, 2.75) is 19.8 Å². The smallest absolute Gasteiger partial charge is 0.315 e. The first-order chi connectivity index (χ1) is 6.66. The molecule has 0 aliphatic heterocycles. The van der Waals surface area contributed by atoms with Gasteiger partial charge in [-0.3, -0.25) is 4.79 Å². The Hall–Kier alpha value is -1.57. The zero-order chi connectivity index (χ0) is 10.6. The molecule has 0 bridgehead atoms. The number of benzene rings is 1. The third-order valence-corrected chi connectivity index (χ3v) is 2.29. The Labute approximate surface area is 83.9 Å². The average Bonchev–Trinajstić information content (AvgIpc) is 2.19. The molecule has 2 heteroatoms. The molecule has 1 atom stereocenters. The van der Waals surface area contributed by atoms with Crippen molar-refractivity contribution < 1.29 is 9.90 Å². The molecule has 0 fully saturated rings. The van der Waals surface area contributed by atoms with Gasteiger partial charge in [-0.05, 0) is 19.4 Å². The Morgan fingerprint density at radius 3 is 2.36 bits per heavy atom. The molecule has 0 heterocycles. The molecule has 0 amide bonds. The summed E-state index contributed by atoms with van der Waals surface area (Å²) in [5.41, 5.74) is 1.69. The lowest BCUT2D eigenvalue weighted by molar-refractivity contribution is -0.137. The Kier molecular flexibility index (Phi) is 3.46. The van der Waals surface area contributed by atoms with Crippen LogP contribution in [0.2, 0.25) is 0 Å². The fourth-order valence-corrected chi connectivity index (χ4v) is 1.41. The molecule has 14 heavy (non-hydrogen) atoms. The highest BCUT2D eigenvalue weighted by molar-refractivity contribution is 5.79. The summed E-state index contributed by atoms with van der Waals surface area (Å²) < 4.78 is 0. The number of carbonyl (C=O) groups is 1. The van der Waals surface area contributed by atoms with Gasteiger partial charge in [0.05, 0.1) is 0 Å². The van der Waals surface area contributed by atoms with E-state index in [1.54, 1.807) is 0 Å². The van der Waals surface area contributed by atoms with Crippen LogP contribution in [0.5, 0.6) is 0 Å². The van der Waals surface area contributed by atoms with Crippen LogP contribution in [0.3, 0.4) is 0 Å². The largest absolute Gasteiger partial charge is 0.481 e. The van der Waals surface area contributed by atoms with Crippen molar-refractivity contribution in [1.29, 1.82) is 0 Å². The lowest BCUT2D eigenvalue weighted by atomic mass is 9.92. The van der Waals surface area contributed by atoms with Gasteiger partial charge in [0, 0.05) is 0 Å². The molecule has 0 aliphatic carbocycles. The van der Waals surface area contributed by atoms with Gasteiger partial charge < -0.3 is 5.11 Å². The topological polar surface area (TPSA) is 37.3 Å². The summed E-state index contributed by atoms with van der Waals surface area (Å²) in [6, 6.07) is 9.27. The summed E-state index contributed by atoms with van der Waals surface area (Å²) in [5, 5.41) is 9.09. The number of hydrogen-bond donors (Lipinski definition) is 1. The molecular formula is C12H14O2. The Morgan fingerprint density at radius 1 is 1.36 bits per heavy atom. The summed E-state index contributed by atoms with van der Waals surface area (Å²) in [6.07, 6.45) is 1.84. The van der Waals surface area contributed by atoms with Gasteiger partial charge in [-0.1, -0.05) is 42.0 Å². The fraction of sp³-hybridized carbons (Fsp3) is 0.250. The van der Waals surface area contributed by atoms with Crippen LogP contribution in [0.25, 0.3) is 0 Å². The van der Waals surface area contributed by atoms with Gasteiger partial charge in [0.15, 0.2) is 0 Å². The van der Waals surface area contributed by atoms with E-state index in [0.717, 1.165) is 11.1 Å². The molecule has 2 nitrogen and oxygen atoms in total. The van der Waals surface area contributed by atoms with Crippen LogP contribution in [0, 0.1) is 0 Å². The first-order valence-electron chi connectivity index (χ1n) is 4.57. The zero-order valence-corrected chi connectivity index (χ0v) is 8.40. The van der Waals surface area contributed by atoms with Crippen molar-refractivity contribution in [3.8, 4) is 0 Å². The van der Waals surface area contributed by atoms with E-state index in [9.17, 15) is 4.79 Å². The summed E-state index contributed by atoms with van der Waals surface area (Å²) in [6.45, 7) is 3.69.